The molecule has 1 heterocycles. The molecule has 7 heteroatoms. The van der Waals surface area contributed by atoms with Gasteiger partial charge < -0.3 is 10.2 Å². The maximum atomic E-state index is 12.6. The number of rotatable bonds is 3. The van der Waals surface area contributed by atoms with Crippen molar-refractivity contribution in [3.05, 3.63) is 29.8 Å². The summed E-state index contributed by atoms with van der Waals surface area (Å²) in [6, 6.07) is 7.34. The van der Waals surface area contributed by atoms with Crippen molar-refractivity contribution in [2.24, 2.45) is 5.92 Å². The third-order valence-corrected chi connectivity index (χ3v) is 4.16. The second-order valence-electron chi connectivity index (χ2n) is 6.32. The van der Waals surface area contributed by atoms with Crippen LogP contribution in [0, 0.1) is 5.92 Å². The molecule has 4 nitrogen and oxygen atoms in total. The van der Waals surface area contributed by atoms with Crippen molar-refractivity contribution in [2.75, 3.05) is 18.4 Å². The molecule has 0 saturated carbocycles. The number of benzene rings is 1. The Morgan fingerprint density at radius 2 is 1.92 bits per heavy atom. The number of carbonyl (C=O) groups excluding carboxylic acids is 2. The van der Waals surface area contributed by atoms with E-state index < -0.39 is 18.0 Å². The molecule has 0 bridgehead atoms. The summed E-state index contributed by atoms with van der Waals surface area (Å²) in [7, 11) is 0. The maximum Gasteiger partial charge on any atom is 0.471 e. The van der Waals surface area contributed by atoms with E-state index in [1.807, 2.05) is 26.0 Å². The van der Waals surface area contributed by atoms with Crippen molar-refractivity contribution in [1.29, 1.82) is 0 Å². The van der Waals surface area contributed by atoms with E-state index in [0.29, 0.717) is 18.5 Å². The Morgan fingerprint density at radius 1 is 1.25 bits per heavy atom. The summed E-state index contributed by atoms with van der Waals surface area (Å²) in [5.74, 6) is -2.65. The molecular formula is C17H21F3N2O2. The van der Waals surface area contributed by atoms with Crippen molar-refractivity contribution in [3.8, 4) is 0 Å². The molecule has 0 aliphatic carbocycles. The van der Waals surface area contributed by atoms with E-state index in [4.69, 9.17) is 0 Å². The maximum absolute atomic E-state index is 12.6. The number of hydrogen-bond acceptors (Lipinski definition) is 2. The molecule has 1 fully saturated rings. The van der Waals surface area contributed by atoms with Crippen LogP contribution in [0.3, 0.4) is 0 Å². The van der Waals surface area contributed by atoms with Crippen LogP contribution in [0.2, 0.25) is 0 Å². The van der Waals surface area contributed by atoms with Crippen LogP contribution in [0.1, 0.15) is 38.2 Å². The molecule has 1 atom stereocenters. The highest BCUT2D eigenvalue weighted by atomic mass is 19.4. The number of piperidine rings is 1. The minimum atomic E-state index is -4.90. The molecule has 1 aliphatic heterocycles. The first-order valence-electron chi connectivity index (χ1n) is 7.96. The van der Waals surface area contributed by atoms with Gasteiger partial charge in [-0.2, -0.15) is 13.2 Å². The molecule has 2 rings (SSSR count). The Bertz CT molecular complexity index is 614. The molecule has 1 aliphatic rings. The van der Waals surface area contributed by atoms with Gasteiger partial charge in [-0.1, -0.05) is 32.0 Å². The molecule has 0 spiro atoms. The Kier molecular flexibility index (Phi) is 5.51. The zero-order valence-corrected chi connectivity index (χ0v) is 13.7. The first-order valence-corrected chi connectivity index (χ1v) is 7.96. The average molecular weight is 342 g/mol. The van der Waals surface area contributed by atoms with Gasteiger partial charge in [0.15, 0.2) is 0 Å². The molecule has 2 amide bonds. The highest BCUT2D eigenvalue weighted by Crippen LogP contribution is 2.27. The highest BCUT2D eigenvalue weighted by molar-refractivity contribution is 5.94. The van der Waals surface area contributed by atoms with Crippen molar-refractivity contribution < 1.29 is 22.8 Å². The number of nitrogens with zero attached hydrogens (tertiary/aromatic N) is 1. The zero-order chi connectivity index (χ0) is 17.9. The molecule has 1 unspecified atom stereocenters. The molecular weight excluding hydrogens is 321 g/mol. The van der Waals surface area contributed by atoms with Crippen molar-refractivity contribution in [1.82, 2.24) is 4.90 Å². The summed E-state index contributed by atoms with van der Waals surface area (Å²) >= 11 is 0. The van der Waals surface area contributed by atoms with Crippen molar-refractivity contribution >= 4 is 17.5 Å². The lowest BCUT2D eigenvalue weighted by Crippen LogP contribution is -2.48. The Morgan fingerprint density at radius 3 is 2.54 bits per heavy atom. The van der Waals surface area contributed by atoms with Crippen LogP contribution in [-0.2, 0) is 9.59 Å². The molecule has 24 heavy (non-hydrogen) atoms. The van der Waals surface area contributed by atoms with Crippen LogP contribution >= 0.6 is 0 Å². The molecule has 1 N–H and O–H groups in total. The van der Waals surface area contributed by atoms with Gasteiger partial charge in [0.05, 0.1) is 5.92 Å². The number of para-hydroxylation sites is 1. The van der Waals surface area contributed by atoms with Crippen LogP contribution in [0.5, 0.6) is 0 Å². The smallest absolute Gasteiger partial charge is 0.334 e. The number of alkyl halides is 3. The SMILES string of the molecule is CC(C)c1ccccc1NC(=O)C1CCCN(C(=O)C(F)(F)F)C1. The van der Waals surface area contributed by atoms with E-state index in [0.717, 1.165) is 10.5 Å². The fourth-order valence-electron chi connectivity index (χ4n) is 2.90. The predicted molar refractivity (Wildman–Crippen MR) is 84.5 cm³/mol. The second kappa shape index (κ2) is 7.23. The molecule has 1 aromatic rings. The van der Waals surface area contributed by atoms with E-state index >= 15 is 0 Å². The summed E-state index contributed by atoms with van der Waals surface area (Å²) < 4.78 is 37.7. The van der Waals surface area contributed by atoms with Gasteiger partial charge >= 0.3 is 12.1 Å². The topological polar surface area (TPSA) is 49.4 Å². The second-order valence-corrected chi connectivity index (χ2v) is 6.32. The highest BCUT2D eigenvalue weighted by Gasteiger charge is 2.44. The monoisotopic (exact) mass is 342 g/mol. The minimum absolute atomic E-state index is 0.0324. The summed E-state index contributed by atoms with van der Waals surface area (Å²) in [5, 5.41) is 2.80. The Balaban J connectivity index is 2.06. The zero-order valence-electron chi connectivity index (χ0n) is 13.7. The summed E-state index contributed by atoms with van der Waals surface area (Å²) in [5.41, 5.74) is 1.63. The van der Waals surface area contributed by atoms with Crippen LogP contribution < -0.4 is 5.32 Å². The lowest BCUT2D eigenvalue weighted by atomic mass is 9.96. The first-order chi connectivity index (χ1) is 11.2. The minimum Gasteiger partial charge on any atom is -0.334 e. The normalized spacial score (nSPS) is 18.6. The van der Waals surface area contributed by atoms with Crippen molar-refractivity contribution in [3.63, 3.8) is 0 Å². The van der Waals surface area contributed by atoms with Gasteiger partial charge in [0.1, 0.15) is 0 Å². The number of amides is 2. The number of anilines is 1. The van der Waals surface area contributed by atoms with Gasteiger partial charge in [-0.25, -0.2) is 0 Å². The first kappa shape index (κ1) is 18.3. The predicted octanol–water partition coefficient (Wildman–Crippen LogP) is 3.55. The van der Waals surface area contributed by atoms with Crippen LogP contribution in [0.4, 0.5) is 18.9 Å². The lowest BCUT2D eigenvalue weighted by molar-refractivity contribution is -0.187. The molecule has 0 radical (unpaired) electrons. The van der Waals surface area contributed by atoms with Gasteiger partial charge in [-0.15, -0.1) is 0 Å². The number of nitrogens with one attached hydrogen (secondary N) is 1. The standard InChI is InChI=1S/C17H21F3N2O2/c1-11(2)13-7-3-4-8-14(13)21-15(23)12-6-5-9-22(10-12)16(24)17(18,19)20/h3-4,7-8,11-12H,5-6,9-10H2,1-2H3,(H,21,23). The van der Waals surface area contributed by atoms with Crippen LogP contribution in [0.25, 0.3) is 0 Å². The quantitative estimate of drug-likeness (QED) is 0.913. The molecule has 1 aromatic carbocycles. The summed E-state index contributed by atoms with van der Waals surface area (Å²) in [6.07, 6.45) is -4.05. The Hall–Kier alpha value is -2.05. The van der Waals surface area contributed by atoms with Gasteiger partial charge in [0.2, 0.25) is 5.91 Å². The molecule has 1 saturated heterocycles. The fraction of sp³-hybridized carbons (Fsp3) is 0.529. The third kappa shape index (κ3) is 4.27. The molecule has 0 aromatic heterocycles. The number of hydrogen-bond donors (Lipinski definition) is 1. The largest absolute Gasteiger partial charge is 0.471 e. The van der Waals surface area contributed by atoms with E-state index in [1.54, 1.807) is 12.1 Å². The Labute approximate surface area is 139 Å². The number of halogens is 3. The lowest BCUT2D eigenvalue weighted by Gasteiger charge is -2.32. The van der Waals surface area contributed by atoms with Gasteiger partial charge in [0, 0.05) is 18.8 Å². The number of likely N-dealkylation sites (tertiary alicyclic amines) is 1. The molecule has 132 valence electrons. The van der Waals surface area contributed by atoms with Gasteiger partial charge in [-0.3, -0.25) is 9.59 Å². The van der Waals surface area contributed by atoms with E-state index in [1.165, 1.54) is 0 Å². The van der Waals surface area contributed by atoms with E-state index in [-0.39, 0.29) is 24.9 Å². The number of carbonyl (C=O) groups is 2. The fourth-order valence-corrected chi connectivity index (χ4v) is 2.90. The van der Waals surface area contributed by atoms with Crippen LogP contribution in [0.15, 0.2) is 24.3 Å². The van der Waals surface area contributed by atoms with Crippen molar-refractivity contribution in [2.45, 2.75) is 38.8 Å². The van der Waals surface area contributed by atoms with Gasteiger partial charge in [-0.05, 0) is 30.4 Å². The van der Waals surface area contributed by atoms with Gasteiger partial charge in [0.25, 0.3) is 0 Å². The summed E-state index contributed by atoms with van der Waals surface area (Å²) in [4.78, 5) is 24.5. The third-order valence-electron chi connectivity index (χ3n) is 4.16. The summed E-state index contributed by atoms with van der Waals surface area (Å²) in [6.45, 7) is 3.82. The van der Waals surface area contributed by atoms with Crippen LogP contribution in [-0.4, -0.2) is 36.0 Å². The average Bonchev–Trinajstić information content (AvgIpc) is 2.53. The van der Waals surface area contributed by atoms with E-state index in [9.17, 15) is 22.8 Å². The van der Waals surface area contributed by atoms with E-state index in [2.05, 4.69) is 5.32 Å².